The lowest BCUT2D eigenvalue weighted by Crippen LogP contribution is -2.28. The molecule has 2 aromatic carbocycles. The van der Waals surface area contributed by atoms with E-state index in [9.17, 15) is 14.4 Å². The zero-order chi connectivity index (χ0) is 19.7. The fourth-order valence-corrected chi connectivity index (χ4v) is 3.95. The molecule has 1 aliphatic heterocycles. The third-order valence-electron chi connectivity index (χ3n) is 5.36. The smallest absolute Gasteiger partial charge is 0.229 e. The number of nitrogens with one attached hydrogen (secondary N) is 2. The molecular weight excluding hydrogens is 354 g/mol. The monoisotopic (exact) mass is 377 g/mol. The van der Waals surface area contributed by atoms with Crippen LogP contribution in [-0.4, -0.2) is 24.3 Å². The molecule has 6 heteroatoms. The highest BCUT2D eigenvalue weighted by atomic mass is 16.2. The van der Waals surface area contributed by atoms with Crippen LogP contribution in [0.25, 0.3) is 0 Å². The van der Waals surface area contributed by atoms with Crippen molar-refractivity contribution in [2.24, 2.45) is 5.92 Å². The molecule has 1 aliphatic carbocycles. The minimum atomic E-state index is -0.379. The van der Waals surface area contributed by atoms with Gasteiger partial charge in [0.2, 0.25) is 17.7 Å². The molecule has 2 aliphatic rings. The van der Waals surface area contributed by atoms with Crippen LogP contribution in [0.15, 0.2) is 42.5 Å². The Kier molecular flexibility index (Phi) is 4.86. The molecule has 6 nitrogen and oxygen atoms in total. The van der Waals surface area contributed by atoms with Crippen molar-refractivity contribution in [1.82, 2.24) is 0 Å². The minimum absolute atomic E-state index is 0.0682. The van der Waals surface area contributed by atoms with Crippen molar-refractivity contribution in [3.8, 4) is 0 Å². The fraction of sp³-hybridized carbons (Fsp3) is 0.318. The van der Waals surface area contributed by atoms with Crippen LogP contribution in [0.5, 0.6) is 0 Å². The summed E-state index contributed by atoms with van der Waals surface area (Å²) in [5, 5.41) is 5.67. The van der Waals surface area contributed by atoms with Crippen LogP contribution in [0.1, 0.15) is 30.9 Å². The van der Waals surface area contributed by atoms with Gasteiger partial charge >= 0.3 is 0 Å². The van der Waals surface area contributed by atoms with E-state index in [2.05, 4.69) is 22.8 Å². The average Bonchev–Trinajstić information content (AvgIpc) is 3.28. The van der Waals surface area contributed by atoms with Crippen LogP contribution < -0.4 is 15.5 Å². The fourth-order valence-electron chi connectivity index (χ4n) is 3.95. The predicted octanol–water partition coefficient (Wildman–Crippen LogP) is 3.13. The van der Waals surface area contributed by atoms with Gasteiger partial charge in [-0.25, -0.2) is 0 Å². The van der Waals surface area contributed by atoms with Crippen molar-refractivity contribution < 1.29 is 14.4 Å². The van der Waals surface area contributed by atoms with Gasteiger partial charge in [0.05, 0.1) is 5.92 Å². The topological polar surface area (TPSA) is 78.5 Å². The molecule has 0 aromatic heterocycles. The van der Waals surface area contributed by atoms with E-state index in [1.807, 2.05) is 6.07 Å². The van der Waals surface area contributed by atoms with Crippen LogP contribution in [0.4, 0.5) is 17.1 Å². The van der Waals surface area contributed by atoms with Crippen LogP contribution in [0, 0.1) is 5.92 Å². The van der Waals surface area contributed by atoms with Gasteiger partial charge in [-0.1, -0.05) is 6.07 Å². The molecule has 1 fully saturated rings. The first kappa shape index (κ1) is 18.2. The number of fused-ring (bicyclic) bond motifs is 1. The maximum absolute atomic E-state index is 12.7. The van der Waals surface area contributed by atoms with E-state index < -0.39 is 0 Å². The van der Waals surface area contributed by atoms with E-state index >= 15 is 0 Å². The summed E-state index contributed by atoms with van der Waals surface area (Å²) >= 11 is 0. The molecule has 0 bridgehead atoms. The van der Waals surface area contributed by atoms with Crippen molar-refractivity contribution in [3.05, 3.63) is 53.6 Å². The zero-order valence-electron chi connectivity index (χ0n) is 15.8. The number of carbonyl (C=O) groups excluding carboxylic acids is 3. The molecule has 0 saturated carbocycles. The maximum atomic E-state index is 12.7. The molecule has 1 heterocycles. The Morgan fingerprint density at radius 2 is 1.68 bits per heavy atom. The number of hydrogen-bond donors (Lipinski definition) is 2. The molecule has 0 spiro atoms. The molecule has 4 rings (SSSR count). The number of benzene rings is 2. The first-order chi connectivity index (χ1) is 13.5. The Hall–Kier alpha value is -3.15. The molecule has 2 N–H and O–H groups in total. The molecule has 28 heavy (non-hydrogen) atoms. The normalized spacial score (nSPS) is 18.1. The first-order valence-electron chi connectivity index (χ1n) is 9.60. The second-order valence-corrected chi connectivity index (χ2v) is 7.46. The Morgan fingerprint density at radius 1 is 0.964 bits per heavy atom. The van der Waals surface area contributed by atoms with Gasteiger partial charge in [0, 0.05) is 37.0 Å². The number of hydrogen-bond acceptors (Lipinski definition) is 3. The van der Waals surface area contributed by atoms with Gasteiger partial charge in [0.1, 0.15) is 0 Å². The standard InChI is InChI=1S/C22H23N3O3/c1-14(26)23-18-7-9-20(10-8-18)25-13-17(12-21(25)27)22(28)24-19-6-5-15-3-2-4-16(15)11-19/h5-11,17H,2-4,12-13H2,1H3,(H,23,26)(H,24,28). The van der Waals surface area contributed by atoms with Gasteiger partial charge < -0.3 is 15.5 Å². The van der Waals surface area contributed by atoms with Crippen molar-refractivity contribution in [2.75, 3.05) is 22.1 Å². The Balaban J connectivity index is 1.41. The van der Waals surface area contributed by atoms with Gasteiger partial charge in [0.25, 0.3) is 0 Å². The van der Waals surface area contributed by atoms with Crippen LogP contribution in [-0.2, 0) is 27.2 Å². The van der Waals surface area contributed by atoms with Gasteiger partial charge in [-0.15, -0.1) is 0 Å². The molecule has 2 aromatic rings. The number of aryl methyl sites for hydroxylation is 2. The highest BCUT2D eigenvalue weighted by Crippen LogP contribution is 2.28. The molecule has 144 valence electrons. The van der Waals surface area contributed by atoms with E-state index in [0.29, 0.717) is 12.2 Å². The summed E-state index contributed by atoms with van der Waals surface area (Å²) in [5.74, 6) is -0.714. The molecule has 3 amide bonds. The summed E-state index contributed by atoms with van der Waals surface area (Å²) in [6.07, 6.45) is 3.53. The summed E-state index contributed by atoms with van der Waals surface area (Å²) in [6.45, 7) is 1.80. The zero-order valence-corrected chi connectivity index (χ0v) is 15.8. The maximum Gasteiger partial charge on any atom is 0.229 e. The minimum Gasteiger partial charge on any atom is -0.326 e. The third kappa shape index (κ3) is 3.76. The van der Waals surface area contributed by atoms with Crippen molar-refractivity contribution in [1.29, 1.82) is 0 Å². The molecule has 0 radical (unpaired) electrons. The van der Waals surface area contributed by atoms with Crippen molar-refractivity contribution in [2.45, 2.75) is 32.6 Å². The third-order valence-corrected chi connectivity index (χ3v) is 5.36. The SMILES string of the molecule is CC(=O)Nc1ccc(N2CC(C(=O)Nc3ccc4c(c3)CCC4)CC2=O)cc1. The molecule has 1 unspecified atom stereocenters. The van der Waals surface area contributed by atoms with Gasteiger partial charge in [-0.3, -0.25) is 14.4 Å². The molecule has 1 saturated heterocycles. The molecular formula is C22H23N3O3. The quantitative estimate of drug-likeness (QED) is 0.859. The highest BCUT2D eigenvalue weighted by Gasteiger charge is 2.35. The number of rotatable bonds is 4. The van der Waals surface area contributed by atoms with E-state index in [1.54, 1.807) is 29.2 Å². The van der Waals surface area contributed by atoms with E-state index in [4.69, 9.17) is 0 Å². The van der Waals surface area contributed by atoms with E-state index in [0.717, 1.165) is 24.2 Å². The van der Waals surface area contributed by atoms with Crippen molar-refractivity contribution >= 4 is 34.8 Å². The van der Waals surface area contributed by atoms with E-state index in [-0.39, 0.29) is 30.1 Å². The van der Waals surface area contributed by atoms with Gasteiger partial charge in [-0.05, 0) is 66.8 Å². The summed E-state index contributed by atoms with van der Waals surface area (Å²) in [7, 11) is 0. The van der Waals surface area contributed by atoms with Crippen LogP contribution in [0.2, 0.25) is 0 Å². The Bertz CT molecular complexity index is 937. The lowest BCUT2D eigenvalue weighted by atomic mass is 10.1. The summed E-state index contributed by atoms with van der Waals surface area (Å²) in [6, 6.07) is 13.1. The second-order valence-electron chi connectivity index (χ2n) is 7.46. The predicted molar refractivity (Wildman–Crippen MR) is 108 cm³/mol. The van der Waals surface area contributed by atoms with Crippen molar-refractivity contribution in [3.63, 3.8) is 0 Å². The number of amides is 3. The lowest BCUT2D eigenvalue weighted by molar-refractivity contribution is -0.122. The van der Waals surface area contributed by atoms with Crippen LogP contribution in [0.3, 0.4) is 0 Å². The summed E-state index contributed by atoms with van der Waals surface area (Å²) < 4.78 is 0. The summed E-state index contributed by atoms with van der Waals surface area (Å²) in [5.41, 5.74) is 4.88. The highest BCUT2D eigenvalue weighted by molar-refractivity contribution is 6.03. The number of carbonyl (C=O) groups is 3. The first-order valence-corrected chi connectivity index (χ1v) is 9.60. The second kappa shape index (κ2) is 7.46. The van der Waals surface area contributed by atoms with Gasteiger partial charge in [-0.2, -0.15) is 0 Å². The van der Waals surface area contributed by atoms with E-state index in [1.165, 1.54) is 24.5 Å². The van der Waals surface area contributed by atoms with Crippen LogP contribution >= 0.6 is 0 Å². The Morgan fingerprint density at radius 3 is 2.43 bits per heavy atom. The summed E-state index contributed by atoms with van der Waals surface area (Å²) in [4.78, 5) is 37.9. The average molecular weight is 377 g/mol. The number of nitrogens with zero attached hydrogens (tertiary/aromatic N) is 1. The Labute approximate surface area is 163 Å². The largest absolute Gasteiger partial charge is 0.326 e. The number of anilines is 3. The van der Waals surface area contributed by atoms with Gasteiger partial charge in [0.15, 0.2) is 0 Å². The molecule has 1 atom stereocenters. The lowest BCUT2D eigenvalue weighted by Gasteiger charge is -2.17.